The molecule has 3 atom stereocenters. The van der Waals surface area contributed by atoms with E-state index in [0.29, 0.717) is 19.5 Å². The van der Waals surface area contributed by atoms with Crippen molar-refractivity contribution in [3.05, 3.63) is 0 Å². The highest BCUT2D eigenvalue weighted by Gasteiger charge is 2.32. The summed E-state index contributed by atoms with van der Waals surface area (Å²) < 4.78 is 0. The smallest absolute Gasteiger partial charge is 0.317 e. The van der Waals surface area contributed by atoms with Crippen molar-refractivity contribution in [3.63, 3.8) is 0 Å². The standard InChI is InChI=1S/C13H25N3O3/c1-4-9(2)11(8-17)15-12(18)10-5-6-16(7-10)13(19)14-3/h9-11,17H,4-8H2,1-3H3,(H,14,19)(H,15,18). The van der Waals surface area contributed by atoms with Gasteiger partial charge in [-0.25, -0.2) is 4.79 Å². The number of hydrogen-bond donors (Lipinski definition) is 3. The van der Waals surface area contributed by atoms with Crippen molar-refractivity contribution < 1.29 is 14.7 Å². The van der Waals surface area contributed by atoms with E-state index in [4.69, 9.17) is 0 Å². The lowest BCUT2D eigenvalue weighted by Crippen LogP contribution is -2.45. The number of aliphatic hydroxyl groups excluding tert-OH is 1. The maximum atomic E-state index is 12.1. The molecule has 0 saturated carbocycles. The second-order valence-electron chi connectivity index (χ2n) is 5.17. The summed E-state index contributed by atoms with van der Waals surface area (Å²) in [7, 11) is 1.58. The molecule has 6 nitrogen and oxygen atoms in total. The first-order chi connectivity index (χ1) is 9.03. The van der Waals surface area contributed by atoms with Gasteiger partial charge in [-0.15, -0.1) is 0 Å². The van der Waals surface area contributed by atoms with E-state index in [1.807, 2.05) is 13.8 Å². The third kappa shape index (κ3) is 4.09. The van der Waals surface area contributed by atoms with E-state index in [9.17, 15) is 14.7 Å². The first kappa shape index (κ1) is 15.8. The molecule has 0 radical (unpaired) electrons. The Balaban J connectivity index is 2.48. The van der Waals surface area contributed by atoms with Gasteiger partial charge in [0.25, 0.3) is 0 Å². The molecule has 19 heavy (non-hydrogen) atoms. The highest BCUT2D eigenvalue weighted by molar-refractivity contribution is 5.81. The second-order valence-corrected chi connectivity index (χ2v) is 5.17. The monoisotopic (exact) mass is 271 g/mol. The highest BCUT2D eigenvalue weighted by Crippen LogP contribution is 2.17. The van der Waals surface area contributed by atoms with Crippen molar-refractivity contribution >= 4 is 11.9 Å². The maximum absolute atomic E-state index is 12.1. The van der Waals surface area contributed by atoms with Gasteiger partial charge < -0.3 is 20.6 Å². The molecule has 1 aliphatic rings. The molecule has 110 valence electrons. The average molecular weight is 271 g/mol. The molecule has 1 fully saturated rings. The van der Waals surface area contributed by atoms with Crippen LogP contribution >= 0.6 is 0 Å². The SMILES string of the molecule is CCC(C)C(CO)NC(=O)C1CCN(C(=O)NC)C1. The predicted molar refractivity (Wildman–Crippen MR) is 72.6 cm³/mol. The van der Waals surface area contributed by atoms with E-state index in [0.717, 1.165) is 6.42 Å². The van der Waals surface area contributed by atoms with E-state index in [1.54, 1.807) is 11.9 Å². The van der Waals surface area contributed by atoms with E-state index < -0.39 is 0 Å². The summed E-state index contributed by atoms with van der Waals surface area (Å²) in [5, 5.41) is 14.8. The van der Waals surface area contributed by atoms with Gasteiger partial charge in [0.05, 0.1) is 18.6 Å². The Morgan fingerprint density at radius 2 is 2.16 bits per heavy atom. The minimum absolute atomic E-state index is 0.0490. The summed E-state index contributed by atoms with van der Waals surface area (Å²) in [5.41, 5.74) is 0. The van der Waals surface area contributed by atoms with E-state index >= 15 is 0 Å². The Hall–Kier alpha value is -1.30. The van der Waals surface area contributed by atoms with Gasteiger partial charge in [0, 0.05) is 20.1 Å². The van der Waals surface area contributed by atoms with Crippen molar-refractivity contribution in [2.45, 2.75) is 32.7 Å². The zero-order chi connectivity index (χ0) is 14.4. The Morgan fingerprint density at radius 3 is 2.68 bits per heavy atom. The molecule has 0 aromatic heterocycles. The van der Waals surface area contributed by atoms with E-state index in [2.05, 4.69) is 10.6 Å². The van der Waals surface area contributed by atoms with Gasteiger partial charge in [0.2, 0.25) is 5.91 Å². The number of urea groups is 1. The van der Waals surface area contributed by atoms with Crippen LogP contribution in [0.1, 0.15) is 26.7 Å². The second kappa shape index (κ2) is 7.33. The van der Waals surface area contributed by atoms with Crippen molar-refractivity contribution in [1.29, 1.82) is 0 Å². The molecule has 3 unspecified atom stereocenters. The van der Waals surface area contributed by atoms with Crippen molar-refractivity contribution in [3.8, 4) is 0 Å². The van der Waals surface area contributed by atoms with Gasteiger partial charge in [-0.05, 0) is 12.3 Å². The number of hydrogen-bond acceptors (Lipinski definition) is 3. The molecule has 0 bridgehead atoms. The van der Waals surface area contributed by atoms with Crippen LogP contribution in [0.3, 0.4) is 0 Å². The fourth-order valence-corrected chi connectivity index (χ4v) is 2.27. The van der Waals surface area contributed by atoms with Crippen LogP contribution in [0, 0.1) is 11.8 Å². The van der Waals surface area contributed by atoms with Gasteiger partial charge in [0.1, 0.15) is 0 Å². The normalized spacial score (nSPS) is 21.9. The number of nitrogens with zero attached hydrogens (tertiary/aromatic N) is 1. The minimum Gasteiger partial charge on any atom is -0.394 e. The number of aliphatic hydroxyl groups is 1. The molecule has 1 heterocycles. The van der Waals surface area contributed by atoms with Crippen LogP contribution in [-0.2, 0) is 4.79 Å². The minimum atomic E-state index is -0.202. The summed E-state index contributed by atoms with van der Waals surface area (Å²) >= 11 is 0. The summed E-state index contributed by atoms with van der Waals surface area (Å²) in [5.74, 6) is 0.00607. The molecular weight excluding hydrogens is 246 g/mol. The lowest BCUT2D eigenvalue weighted by Gasteiger charge is -2.24. The van der Waals surface area contributed by atoms with Crippen molar-refractivity contribution in [1.82, 2.24) is 15.5 Å². The quantitative estimate of drug-likeness (QED) is 0.667. The molecule has 3 N–H and O–H groups in total. The van der Waals surface area contributed by atoms with Gasteiger partial charge in [-0.3, -0.25) is 4.79 Å². The van der Waals surface area contributed by atoms with Crippen LogP contribution in [0.25, 0.3) is 0 Å². The lowest BCUT2D eigenvalue weighted by molar-refractivity contribution is -0.126. The molecule has 3 amide bonds. The molecular formula is C13H25N3O3. The van der Waals surface area contributed by atoms with Crippen LogP contribution in [0.2, 0.25) is 0 Å². The first-order valence-electron chi connectivity index (χ1n) is 6.91. The number of rotatable bonds is 5. The van der Waals surface area contributed by atoms with E-state index in [1.165, 1.54) is 0 Å². The largest absolute Gasteiger partial charge is 0.394 e. The summed E-state index contributed by atoms with van der Waals surface area (Å²) in [6.45, 7) is 5.04. The van der Waals surface area contributed by atoms with Gasteiger partial charge in [0.15, 0.2) is 0 Å². The molecule has 6 heteroatoms. The highest BCUT2D eigenvalue weighted by atomic mass is 16.3. The molecule has 0 aromatic rings. The fraction of sp³-hybridized carbons (Fsp3) is 0.846. The Labute approximate surface area is 114 Å². The number of amides is 3. The summed E-state index contributed by atoms with van der Waals surface area (Å²) in [6, 6.07) is -0.345. The van der Waals surface area contributed by atoms with Crippen LogP contribution in [0.15, 0.2) is 0 Å². The number of carbonyl (C=O) groups excluding carboxylic acids is 2. The van der Waals surface area contributed by atoms with Gasteiger partial charge >= 0.3 is 6.03 Å². The molecule has 0 spiro atoms. The maximum Gasteiger partial charge on any atom is 0.317 e. The van der Waals surface area contributed by atoms with Crippen LogP contribution in [-0.4, -0.2) is 54.7 Å². The molecule has 1 aliphatic heterocycles. The molecule has 0 aliphatic carbocycles. The number of carbonyl (C=O) groups is 2. The average Bonchev–Trinajstić information content (AvgIpc) is 2.92. The van der Waals surface area contributed by atoms with Crippen molar-refractivity contribution in [2.24, 2.45) is 11.8 Å². The lowest BCUT2D eigenvalue weighted by atomic mass is 9.98. The van der Waals surface area contributed by atoms with Crippen LogP contribution < -0.4 is 10.6 Å². The van der Waals surface area contributed by atoms with Gasteiger partial charge in [-0.1, -0.05) is 20.3 Å². The third-order valence-corrected chi connectivity index (χ3v) is 3.92. The summed E-state index contributed by atoms with van der Waals surface area (Å²) in [4.78, 5) is 25.2. The Kier molecular flexibility index (Phi) is 6.08. The zero-order valence-corrected chi connectivity index (χ0v) is 12.0. The molecule has 1 saturated heterocycles. The fourth-order valence-electron chi connectivity index (χ4n) is 2.27. The predicted octanol–water partition coefficient (Wildman–Crippen LogP) is 0.171. The Bertz CT molecular complexity index is 322. The van der Waals surface area contributed by atoms with Crippen LogP contribution in [0.4, 0.5) is 4.79 Å². The number of likely N-dealkylation sites (tertiary alicyclic amines) is 1. The number of nitrogens with one attached hydrogen (secondary N) is 2. The van der Waals surface area contributed by atoms with E-state index in [-0.39, 0.29) is 36.4 Å². The topological polar surface area (TPSA) is 81.7 Å². The zero-order valence-electron chi connectivity index (χ0n) is 12.0. The first-order valence-corrected chi connectivity index (χ1v) is 6.91. The van der Waals surface area contributed by atoms with Crippen LogP contribution in [0.5, 0.6) is 0 Å². The molecule has 0 aromatic carbocycles. The molecule has 1 rings (SSSR count). The van der Waals surface area contributed by atoms with Crippen molar-refractivity contribution in [2.75, 3.05) is 26.7 Å². The Morgan fingerprint density at radius 1 is 1.47 bits per heavy atom. The summed E-state index contributed by atoms with van der Waals surface area (Å²) in [6.07, 6.45) is 1.58. The van der Waals surface area contributed by atoms with Gasteiger partial charge in [-0.2, -0.15) is 0 Å². The third-order valence-electron chi connectivity index (χ3n) is 3.92.